The number of nitrogen functional groups attached to an aromatic ring is 1. The minimum absolute atomic E-state index is 0.0714. The average Bonchev–Trinajstić information content (AvgIpc) is 2.07. The maximum absolute atomic E-state index is 8.51. The molecule has 0 aliphatic heterocycles. The van der Waals surface area contributed by atoms with Gasteiger partial charge in [0.05, 0.1) is 23.5 Å². The highest BCUT2D eigenvalue weighted by Crippen LogP contribution is 2.19. The van der Waals surface area contributed by atoms with Gasteiger partial charge in [0.15, 0.2) is 0 Å². The van der Waals surface area contributed by atoms with Gasteiger partial charge < -0.3 is 16.2 Å². The van der Waals surface area contributed by atoms with Crippen LogP contribution in [0.1, 0.15) is 0 Å². The van der Waals surface area contributed by atoms with Gasteiger partial charge in [-0.2, -0.15) is 0 Å². The van der Waals surface area contributed by atoms with E-state index in [0.717, 1.165) is 5.69 Å². The van der Waals surface area contributed by atoms with E-state index in [2.05, 4.69) is 10.3 Å². The quantitative estimate of drug-likeness (QED) is 0.652. The van der Waals surface area contributed by atoms with Crippen molar-refractivity contribution in [2.24, 2.45) is 0 Å². The van der Waals surface area contributed by atoms with Gasteiger partial charge in [0.1, 0.15) is 5.82 Å². The van der Waals surface area contributed by atoms with Gasteiger partial charge in [-0.05, 0) is 6.07 Å². The predicted octanol–water partition coefficient (Wildman–Crippen LogP) is 0.721. The van der Waals surface area contributed by atoms with Crippen molar-refractivity contribution in [2.45, 2.75) is 0 Å². The molecule has 0 spiro atoms. The van der Waals surface area contributed by atoms with Crippen LogP contribution < -0.4 is 11.1 Å². The summed E-state index contributed by atoms with van der Waals surface area (Å²) in [4.78, 5) is 3.83. The molecular weight excluding hydrogens is 178 g/mol. The Morgan fingerprint density at radius 2 is 2.42 bits per heavy atom. The van der Waals surface area contributed by atoms with Gasteiger partial charge in [-0.3, -0.25) is 0 Å². The lowest BCUT2D eigenvalue weighted by molar-refractivity contribution is 0.311. The molecule has 0 unspecified atom stereocenters. The van der Waals surface area contributed by atoms with Crippen LogP contribution in [0.15, 0.2) is 12.3 Å². The van der Waals surface area contributed by atoms with E-state index < -0.39 is 0 Å². The Hall–Kier alpha value is -1.00. The second-order valence-corrected chi connectivity index (χ2v) is 2.65. The minimum atomic E-state index is 0.0714. The molecule has 4 N–H and O–H groups in total. The van der Waals surface area contributed by atoms with E-state index in [9.17, 15) is 0 Å². The molecule has 5 heteroatoms. The zero-order chi connectivity index (χ0) is 8.97. The summed E-state index contributed by atoms with van der Waals surface area (Å²) < 4.78 is 0. The first-order valence-electron chi connectivity index (χ1n) is 3.50. The summed E-state index contributed by atoms with van der Waals surface area (Å²) in [5.74, 6) is 0.311. The van der Waals surface area contributed by atoms with Crippen LogP contribution in [0, 0.1) is 0 Å². The monoisotopic (exact) mass is 187 g/mol. The van der Waals surface area contributed by atoms with Gasteiger partial charge >= 0.3 is 0 Å². The molecule has 0 amide bonds. The summed E-state index contributed by atoms with van der Waals surface area (Å²) in [6.45, 7) is 0.546. The Labute approximate surface area is 75.4 Å². The van der Waals surface area contributed by atoms with E-state index in [4.69, 9.17) is 22.4 Å². The van der Waals surface area contributed by atoms with Crippen molar-refractivity contribution in [3.8, 4) is 0 Å². The van der Waals surface area contributed by atoms with E-state index in [1.54, 1.807) is 12.3 Å². The minimum Gasteiger partial charge on any atom is -0.395 e. The van der Waals surface area contributed by atoms with Crippen molar-refractivity contribution >= 4 is 23.1 Å². The highest BCUT2D eigenvalue weighted by Gasteiger charge is 1.97. The Bertz CT molecular complexity index is 267. The van der Waals surface area contributed by atoms with Crippen molar-refractivity contribution in [2.75, 3.05) is 24.2 Å². The molecule has 0 aliphatic rings. The molecule has 0 saturated heterocycles. The molecule has 0 fully saturated rings. The molecule has 1 heterocycles. The van der Waals surface area contributed by atoms with Crippen LogP contribution in [0.3, 0.4) is 0 Å². The summed E-state index contributed by atoms with van der Waals surface area (Å²) in [6.07, 6.45) is 1.57. The van der Waals surface area contributed by atoms with Crippen LogP contribution in [0.2, 0.25) is 5.02 Å². The SMILES string of the molecule is Nc1ncc(NCCO)cc1Cl. The van der Waals surface area contributed by atoms with Gasteiger partial charge in [0, 0.05) is 6.54 Å². The molecule has 66 valence electrons. The van der Waals surface area contributed by atoms with Gasteiger partial charge in [0.2, 0.25) is 0 Å². The standard InChI is InChI=1S/C7H10ClN3O/c8-6-3-5(10-1-2-12)4-11-7(6)9/h3-4,10,12H,1-2H2,(H2,9,11). The average molecular weight is 188 g/mol. The Balaban J connectivity index is 2.69. The number of rotatable bonds is 3. The normalized spacial score (nSPS) is 9.83. The fourth-order valence-electron chi connectivity index (χ4n) is 0.745. The number of halogens is 1. The Morgan fingerprint density at radius 1 is 1.67 bits per heavy atom. The van der Waals surface area contributed by atoms with Crippen LogP contribution in [0.25, 0.3) is 0 Å². The smallest absolute Gasteiger partial charge is 0.142 e. The number of anilines is 2. The molecular formula is C7H10ClN3O. The lowest BCUT2D eigenvalue weighted by atomic mass is 10.4. The number of pyridine rings is 1. The summed E-state index contributed by atoms with van der Waals surface area (Å²) in [7, 11) is 0. The zero-order valence-corrected chi connectivity index (χ0v) is 7.17. The molecule has 1 rings (SSSR count). The van der Waals surface area contributed by atoms with Crippen molar-refractivity contribution in [1.29, 1.82) is 0 Å². The maximum Gasteiger partial charge on any atom is 0.142 e. The van der Waals surface area contributed by atoms with E-state index in [1.807, 2.05) is 0 Å². The van der Waals surface area contributed by atoms with Crippen molar-refractivity contribution in [1.82, 2.24) is 4.98 Å². The number of aliphatic hydroxyl groups is 1. The van der Waals surface area contributed by atoms with Gasteiger partial charge in [0.25, 0.3) is 0 Å². The summed E-state index contributed by atoms with van der Waals surface area (Å²) >= 11 is 5.70. The first-order chi connectivity index (χ1) is 5.74. The molecule has 0 aliphatic carbocycles. The predicted molar refractivity (Wildman–Crippen MR) is 49.2 cm³/mol. The number of nitrogens with zero attached hydrogens (tertiary/aromatic N) is 1. The summed E-state index contributed by atoms with van der Waals surface area (Å²) in [5, 5.41) is 11.8. The van der Waals surface area contributed by atoms with Gasteiger partial charge in [-0.25, -0.2) is 4.98 Å². The topological polar surface area (TPSA) is 71.2 Å². The van der Waals surface area contributed by atoms with Crippen molar-refractivity contribution in [3.63, 3.8) is 0 Å². The van der Waals surface area contributed by atoms with Crippen LogP contribution in [0.5, 0.6) is 0 Å². The van der Waals surface area contributed by atoms with Gasteiger partial charge in [-0.1, -0.05) is 11.6 Å². The third kappa shape index (κ3) is 2.25. The summed E-state index contributed by atoms with van der Waals surface area (Å²) in [6, 6.07) is 1.67. The molecule has 0 saturated carbocycles. The Morgan fingerprint density at radius 3 is 3.00 bits per heavy atom. The zero-order valence-electron chi connectivity index (χ0n) is 6.42. The highest BCUT2D eigenvalue weighted by molar-refractivity contribution is 6.33. The molecule has 0 aromatic carbocycles. The number of aromatic nitrogens is 1. The number of nitrogens with one attached hydrogen (secondary N) is 1. The molecule has 1 aromatic rings. The molecule has 4 nitrogen and oxygen atoms in total. The van der Waals surface area contributed by atoms with Crippen molar-refractivity contribution < 1.29 is 5.11 Å². The molecule has 0 radical (unpaired) electrons. The third-order valence-corrected chi connectivity index (χ3v) is 1.61. The van der Waals surface area contributed by atoms with Crippen LogP contribution in [-0.2, 0) is 0 Å². The summed E-state index contributed by atoms with van der Waals surface area (Å²) in [5.41, 5.74) is 6.15. The number of hydrogen-bond acceptors (Lipinski definition) is 4. The first kappa shape index (κ1) is 9.09. The maximum atomic E-state index is 8.51. The van der Waals surface area contributed by atoms with Gasteiger partial charge in [-0.15, -0.1) is 0 Å². The van der Waals surface area contributed by atoms with Crippen LogP contribution in [0.4, 0.5) is 11.5 Å². The molecule has 0 atom stereocenters. The van der Waals surface area contributed by atoms with Crippen molar-refractivity contribution in [3.05, 3.63) is 17.3 Å². The third-order valence-electron chi connectivity index (χ3n) is 1.31. The van der Waals surface area contributed by atoms with Crippen LogP contribution in [-0.4, -0.2) is 23.2 Å². The fourth-order valence-corrected chi connectivity index (χ4v) is 0.912. The second-order valence-electron chi connectivity index (χ2n) is 2.24. The molecule has 12 heavy (non-hydrogen) atoms. The van der Waals surface area contributed by atoms with E-state index >= 15 is 0 Å². The Kier molecular flexibility index (Phi) is 3.13. The molecule has 0 bridgehead atoms. The first-order valence-corrected chi connectivity index (χ1v) is 3.87. The van der Waals surface area contributed by atoms with Crippen LogP contribution >= 0.6 is 11.6 Å². The fraction of sp³-hybridized carbons (Fsp3) is 0.286. The van der Waals surface area contributed by atoms with E-state index in [0.29, 0.717) is 17.4 Å². The lowest BCUT2D eigenvalue weighted by Gasteiger charge is -2.04. The number of hydrogen-bond donors (Lipinski definition) is 3. The second kappa shape index (κ2) is 4.13. The number of nitrogens with two attached hydrogens (primary N) is 1. The van der Waals surface area contributed by atoms with E-state index in [1.165, 1.54) is 0 Å². The molecule has 1 aromatic heterocycles. The van der Waals surface area contributed by atoms with E-state index in [-0.39, 0.29) is 6.61 Å². The largest absolute Gasteiger partial charge is 0.395 e. The lowest BCUT2D eigenvalue weighted by Crippen LogP contribution is -2.06. The highest BCUT2D eigenvalue weighted by atomic mass is 35.5. The number of aliphatic hydroxyl groups excluding tert-OH is 1.